The Balaban J connectivity index is 1.81. The summed E-state index contributed by atoms with van der Waals surface area (Å²) < 4.78 is 0. The largest absolute Gasteiger partial charge is 0.352 e. The van der Waals surface area contributed by atoms with Crippen LogP contribution in [0.1, 0.15) is 41.7 Å². The number of nitrogens with one attached hydrogen (secondary N) is 1. The van der Waals surface area contributed by atoms with Crippen molar-refractivity contribution in [2.24, 2.45) is 5.92 Å². The zero-order valence-corrected chi connectivity index (χ0v) is 13.6. The zero-order valence-electron chi connectivity index (χ0n) is 13.6. The summed E-state index contributed by atoms with van der Waals surface area (Å²) in [7, 11) is 0. The van der Waals surface area contributed by atoms with E-state index in [1.165, 1.54) is 0 Å². The molecule has 24 heavy (non-hydrogen) atoms. The quantitative estimate of drug-likeness (QED) is 0.693. The van der Waals surface area contributed by atoms with Crippen LogP contribution in [0.15, 0.2) is 30.3 Å². The molecule has 1 aromatic carbocycles. The Bertz CT molecular complexity index is 832. The molecule has 1 aromatic heterocycles. The van der Waals surface area contributed by atoms with Crippen LogP contribution in [-0.2, 0) is 4.79 Å². The Kier molecular flexibility index (Phi) is 4.57. The van der Waals surface area contributed by atoms with Crippen LogP contribution in [-0.4, -0.2) is 22.7 Å². The van der Waals surface area contributed by atoms with Gasteiger partial charge in [-0.25, -0.2) is 0 Å². The van der Waals surface area contributed by atoms with Gasteiger partial charge in [0.1, 0.15) is 0 Å². The molecule has 1 amide bonds. The molecule has 1 atom stereocenters. The number of nitriles is 1. The van der Waals surface area contributed by atoms with E-state index in [9.17, 15) is 14.9 Å². The van der Waals surface area contributed by atoms with E-state index in [1.807, 2.05) is 25.1 Å². The lowest BCUT2D eigenvalue weighted by Gasteiger charge is -2.14. The Morgan fingerprint density at radius 2 is 2.00 bits per heavy atom. The molecular weight excluding hydrogens is 302 g/mol. The number of carbonyl (C=O) groups excluding carboxylic acids is 2. The average molecular weight is 321 g/mol. The molecule has 2 aromatic rings. The lowest BCUT2D eigenvalue weighted by atomic mass is 9.96. The van der Waals surface area contributed by atoms with Gasteiger partial charge in [-0.1, -0.05) is 18.9 Å². The SMILES string of the molecule is Cc1ccc2cc(C(=O)C(C#N)C(=O)NC3CCCC3)ccc2n1. The minimum absolute atomic E-state index is 0.0879. The second kappa shape index (κ2) is 6.79. The number of rotatable bonds is 4. The fourth-order valence-corrected chi connectivity index (χ4v) is 3.14. The minimum Gasteiger partial charge on any atom is -0.352 e. The van der Waals surface area contributed by atoms with Crippen molar-refractivity contribution < 1.29 is 9.59 Å². The lowest BCUT2D eigenvalue weighted by Crippen LogP contribution is -2.39. The molecule has 1 N–H and O–H groups in total. The van der Waals surface area contributed by atoms with Crippen LogP contribution in [0.2, 0.25) is 0 Å². The van der Waals surface area contributed by atoms with Gasteiger partial charge in [0.15, 0.2) is 11.7 Å². The molecule has 1 aliphatic carbocycles. The number of aryl methyl sites for hydroxylation is 1. The third kappa shape index (κ3) is 3.28. The fourth-order valence-electron chi connectivity index (χ4n) is 3.14. The van der Waals surface area contributed by atoms with Gasteiger partial charge in [0.2, 0.25) is 5.91 Å². The third-order valence-electron chi connectivity index (χ3n) is 4.47. The van der Waals surface area contributed by atoms with Crippen molar-refractivity contribution in [3.63, 3.8) is 0 Å². The molecule has 0 spiro atoms. The maximum atomic E-state index is 12.6. The van der Waals surface area contributed by atoms with Crippen LogP contribution in [0, 0.1) is 24.2 Å². The molecule has 1 heterocycles. The van der Waals surface area contributed by atoms with E-state index in [4.69, 9.17) is 0 Å². The minimum atomic E-state index is -1.30. The molecule has 1 unspecified atom stereocenters. The maximum Gasteiger partial charge on any atom is 0.245 e. The first kappa shape index (κ1) is 16.1. The van der Waals surface area contributed by atoms with Crippen molar-refractivity contribution >= 4 is 22.6 Å². The molecule has 1 aliphatic rings. The van der Waals surface area contributed by atoms with Gasteiger partial charge in [0, 0.05) is 22.7 Å². The van der Waals surface area contributed by atoms with Crippen LogP contribution < -0.4 is 5.32 Å². The molecule has 5 heteroatoms. The van der Waals surface area contributed by atoms with Crippen LogP contribution in [0.4, 0.5) is 0 Å². The topological polar surface area (TPSA) is 82.8 Å². The number of nitrogens with zero attached hydrogens (tertiary/aromatic N) is 2. The van der Waals surface area contributed by atoms with Crippen LogP contribution in [0.3, 0.4) is 0 Å². The van der Waals surface area contributed by atoms with Crippen molar-refractivity contribution in [2.75, 3.05) is 0 Å². The van der Waals surface area contributed by atoms with E-state index in [1.54, 1.807) is 18.2 Å². The predicted octanol–water partition coefficient (Wildman–Crippen LogP) is 2.92. The number of pyridine rings is 1. The number of benzene rings is 1. The van der Waals surface area contributed by atoms with E-state index in [0.29, 0.717) is 5.56 Å². The van der Waals surface area contributed by atoms with Crippen molar-refractivity contribution in [3.8, 4) is 6.07 Å². The molecule has 5 nitrogen and oxygen atoms in total. The van der Waals surface area contributed by atoms with Crippen LogP contribution in [0.25, 0.3) is 10.9 Å². The molecule has 0 saturated heterocycles. The molecular formula is C19H19N3O2. The Morgan fingerprint density at radius 1 is 1.25 bits per heavy atom. The van der Waals surface area contributed by atoms with Gasteiger partial charge in [-0.3, -0.25) is 14.6 Å². The monoisotopic (exact) mass is 321 g/mol. The normalized spacial score (nSPS) is 15.8. The predicted molar refractivity (Wildman–Crippen MR) is 90.3 cm³/mol. The van der Waals surface area contributed by atoms with E-state index in [0.717, 1.165) is 42.3 Å². The van der Waals surface area contributed by atoms with Gasteiger partial charge in [-0.15, -0.1) is 0 Å². The van der Waals surface area contributed by atoms with Gasteiger partial charge in [-0.2, -0.15) is 5.26 Å². The molecule has 122 valence electrons. The molecule has 1 fully saturated rings. The summed E-state index contributed by atoms with van der Waals surface area (Å²) in [5.74, 6) is -2.26. The number of hydrogen-bond donors (Lipinski definition) is 1. The highest BCUT2D eigenvalue weighted by Crippen LogP contribution is 2.20. The van der Waals surface area contributed by atoms with Crippen LogP contribution >= 0.6 is 0 Å². The summed E-state index contributed by atoms with van der Waals surface area (Å²) in [4.78, 5) is 29.3. The smallest absolute Gasteiger partial charge is 0.245 e. The molecule has 0 aliphatic heterocycles. The van der Waals surface area contributed by atoms with E-state index >= 15 is 0 Å². The maximum absolute atomic E-state index is 12.6. The number of ketones is 1. The first-order valence-corrected chi connectivity index (χ1v) is 8.20. The van der Waals surface area contributed by atoms with Crippen molar-refractivity contribution in [1.82, 2.24) is 10.3 Å². The Labute approximate surface area is 140 Å². The number of fused-ring (bicyclic) bond motifs is 1. The van der Waals surface area contributed by atoms with Crippen molar-refractivity contribution in [3.05, 3.63) is 41.6 Å². The van der Waals surface area contributed by atoms with Gasteiger partial charge in [-0.05, 0) is 44.0 Å². The molecule has 0 radical (unpaired) electrons. The summed E-state index contributed by atoms with van der Waals surface area (Å²) in [6.45, 7) is 1.90. The van der Waals surface area contributed by atoms with E-state index in [2.05, 4.69) is 10.3 Å². The highest BCUT2D eigenvalue weighted by molar-refractivity contribution is 6.13. The third-order valence-corrected chi connectivity index (χ3v) is 4.47. The van der Waals surface area contributed by atoms with E-state index in [-0.39, 0.29) is 6.04 Å². The fraction of sp³-hybridized carbons (Fsp3) is 0.368. The molecule has 0 bridgehead atoms. The summed E-state index contributed by atoms with van der Waals surface area (Å²) >= 11 is 0. The standard InChI is InChI=1S/C19H19N3O2/c1-12-6-7-13-10-14(8-9-17(13)21-12)18(23)16(11-20)19(24)22-15-4-2-3-5-15/h6-10,15-16H,2-5H2,1H3,(H,22,24). The average Bonchev–Trinajstić information content (AvgIpc) is 3.07. The lowest BCUT2D eigenvalue weighted by molar-refractivity contribution is -0.122. The summed E-state index contributed by atoms with van der Waals surface area (Å²) in [5, 5.41) is 13.0. The van der Waals surface area contributed by atoms with E-state index < -0.39 is 17.6 Å². The second-order valence-corrected chi connectivity index (χ2v) is 6.28. The summed E-state index contributed by atoms with van der Waals surface area (Å²) in [6.07, 6.45) is 3.98. The van der Waals surface area contributed by atoms with Crippen molar-refractivity contribution in [1.29, 1.82) is 5.26 Å². The summed E-state index contributed by atoms with van der Waals surface area (Å²) in [5.41, 5.74) is 2.05. The van der Waals surface area contributed by atoms with Gasteiger partial charge in [0.25, 0.3) is 0 Å². The number of amides is 1. The van der Waals surface area contributed by atoms with Crippen LogP contribution in [0.5, 0.6) is 0 Å². The first-order valence-electron chi connectivity index (χ1n) is 8.20. The zero-order chi connectivity index (χ0) is 17.1. The Morgan fingerprint density at radius 3 is 2.71 bits per heavy atom. The number of hydrogen-bond acceptors (Lipinski definition) is 4. The Hall–Kier alpha value is -2.74. The molecule has 1 saturated carbocycles. The summed E-state index contributed by atoms with van der Waals surface area (Å²) in [6, 6.07) is 10.8. The van der Waals surface area contributed by atoms with Crippen molar-refractivity contribution in [2.45, 2.75) is 38.6 Å². The number of Topliss-reactive ketones (excluding diaryl/α,β-unsaturated/α-hetero) is 1. The first-order chi connectivity index (χ1) is 11.6. The second-order valence-electron chi connectivity index (χ2n) is 6.28. The number of carbonyl (C=O) groups is 2. The molecule has 3 rings (SSSR count). The highest BCUT2D eigenvalue weighted by atomic mass is 16.2. The van der Waals surface area contributed by atoms with Gasteiger partial charge in [0.05, 0.1) is 11.6 Å². The van der Waals surface area contributed by atoms with Gasteiger partial charge < -0.3 is 5.32 Å². The number of aromatic nitrogens is 1. The van der Waals surface area contributed by atoms with Gasteiger partial charge >= 0.3 is 0 Å². The highest BCUT2D eigenvalue weighted by Gasteiger charge is 2.30.